The zero-order valence-electron chi connectivity index (χ0n) is 11.7. The van der Waals surface area contributed by atoms with Crippen LogP contribution in [0.15, 0.2) is 16.5 Å². The van der Waals surface area contributed by atoms with Crippen LogP contribution in [0.1, 0.15) is 49.9 Å². The highest BCUT2D eigenvalue weighted by atomic mass is 35.5. The summed E-state index contributed by atoms with van der Waals surface area (Å²) in [6.07, 6.45) is 5.73. The Labute approximate surface area is 141 Å². The van der Waals surface area contributed by atoms with Gasteiger partial charge in [-0.3, -0.25) is 4.79 Å². The molecule has 1 aromatic rings. The molecule has 5 nitrogen and oxygen atoms in total. The van der Waals surface area contributed by atoms with E-state index in [9.17, 15) is 17.6 Å². The minimum absolute atomic E-state index is 0. The standard InChI is InChI=1S/C14H15ClFNO4S.CH4/c15-11-7-10(14(18)17-22(19)20)12(16)8-13(11)21-6-5-9-3-1-2-4-9;/h7-9H,1-6H2;1H4. The Morgan fingerprint density at radius 2 is 2.00 bits per heavy atom. The van der Waals surface area contributed by atoms with Gasteiger partial charge in [0.15, 0.2) is 0 Å². The van der Waals surface area contributed by atoms with Crippen LogP contribution < -0.4 is 4.74 Å². The van der Waals surface area contributed by atoms with Crippen molar-refractivity contribution >= 4 is 28.0 Å². The Morgan fingerprint density at radius 3 is 2.61 bits per heavy atom. The van der Waals surface area contributed by atoms with Crippen molar-refractivity contribution in [2.24, 2.45) is 10.3 Å². The SMILES string of the molecule is C.O=C(N=S(=O)=O)c1cc(Cl)c(OCCC2CCCC2)cc1F. The number of amides is 1. The quantitative estimate of drug-likeness (QED) is 0.782. The second-order valence-electron chi connectivity index (χ2n) is 5.16. The fourth-order valence-corrected chi connectivity index (χ4v) is 3.01. The number of ether oxygens (including phenoxy) is 1. The maximum atomic E-state index is 13.8. The normalized spacial score (nSPS) is 14.2. The largest absolute Gasteiger partial charge is 0.492 e. The molecule has 0 atom stereocenters. The molecular weight excluding hydrogens is 345 g/mol. The summed E-state index contributed by atoms with van der Waals surface area (Å²) >= 11 is 5.94. The highest BCUT2D eigenvalue weighted by Crippen LogP contribution is 2.30. The molecule has 0 radical (unpaired) electrons. The van der Waals surface area contributed by atoms with Crippen molar-refractivity contribution < 1.29 is 22.3 Å². The van der Waals surface area contributed by atoms with Gasteiger partial charge in [-0.1, -0.05) is 49.1 Å². The number of nitrogens with zero attached hydrogens (tertiary/aromatic N) is 1. The van der Waals surface area contributed by atoms with Crippen LogP contribution in [0.25, 0.3) is 0 Å². The van der Waals surface area contributed by atoms with E-state index in [0.29, 0.717) is 12.5 Å². The van der Waals surface area contributed by atoms with Gasteiger partial charge in [0.25, 0.3) is 5.91 Å². The lowest BCUT2D eigenvalue weighted by Gasteiger charge is -2.12. The third-order valence-corrected chi connectivity index (χ3v) is 4.28. The molecule has 1 fully saturated rings. The van der Waals surface area contributed by atoms with E-state index in [-0.39, 0.29) is 18.2 Å². The average Bonchev–Trinajstić information content (AvgIpc) is 2.94. The summed E-state index contributed by atoms with van der Waals surface area (Å²) < 4.78 is 42.7. The van der Waals surface area contributed by atoms with E-state index in [4.69, 9.17) is 16.3 Å². The number of carbonyl (C=O) groups excluding carboxylic acids is 1. The van der Waals surface area contributed by atoms with Crippen molar-refractivity contribution in [3.8, 4) is 5.75 Å². The zero-order chi connectivity index (χ0) is 16.1. The lowest BCUT2D eigenvalue weighted by molar-refractivity contribution is 0.100. The monoisotopic (exact) mass is 363 g/mol. The van der Waals surface area contributed by atoms with Gasteiger partial charge in [0.2, 0.25) is 0 Å². The molecule has 1 aromatic carbocycles. The third kappa shape index (κ3) is 5.58. The molecule has 8 heteroatoms. The molecule has 0 aromatic heterocycles. The van der Waals surface area contributed by atoms with Crippen LogP contribution in [0, 0.1) is 11.7 Å². The third-order valence-electron chi connectivity index (χ3n) is 3.67. The van der Waals surface area contributed by atoms with E-state index >= 15 is 0 Å². The molecule has 1 amide bonds. The van der Waals surface area contributed by atoms with Gasteiger partial charge in [0, 0.05) is 6.07 Å². The summed E-state index contributed by atoms with van der Waals surface area (Å²) in [5.74, 6) is -1.35. The molecule has 0 aliphatic heterocycles. The lowest BCUT2D eigenvalue weighted by atomic mass is 10.1. The molecule has 0 bridgehead atoms. The Hall–Kier alpha value is -1.47. The van der Waals surface area contributed by atoms with E-state index in [0.717, 1.165) is 18.6 Å². The fourth-order valence-electron chi connectivity index (χ4n) is 2.55. The first kappa shape index (κ1) is 19.6. The summed E-state index contributed by atoms with van der Waals surface area (Å²) in [6.45, 7) is 0.423. The first-order valence-electron chi connectivity index (χ1n) is 6.94. The van der Waals surface area contributed by atoms with Crippen molar-refractivity contribution in [1.29, 1.82) is 0 Å². The zero-order valence-corrected chi connectivity index (χ0v) is 13.3. The topological polar surface area (TPSA) is 72.8 Å². The maximum absolute atomic E-state index is 13.8. The van der Waals surface area contributed by atoms with Gasteiger partial charge in [-0.25, -0.2) is 4.39 Å². The molecule has 1 aliphatic rings. The molecule has 0 N–H and O–H groups in total. The van der Waals surface area contributed by atoms with Crippen LogP contribution in [0.3, 0.4) is 0 Å². The summed E-state index contributed by atoms with van der Waals surface area (Å²) in [5, 5.41) is 0.0445. The van der Waals surface area contributed by atoms with E-state index in [2.05, 4.69) is 4.36 Å². The van der Waals surface area contributed by atoms with Crippen LogP contribution in [-0.2, 0) is 10.5 Å². The molecule has 1 saturated carbocycles. The molecule has 0 unspecified atom stereocenters. The van der Waals surface area contributed by atoms with Crippen molar-refractivity contribution in [2.75, 3.05) is 6.61 Å². The number of hydrogen-bond donors (Lipinski definition) is 0. The van der Waals surface area contributed by atoms with E-state index in [1.54, 1.807) is 0 Å². The number of hydrogen-bond acceptors (Lipinski definition) is 4. The molecule has 0 heterocycles. The fraction of sp³-hybridized carbons (Fsp3) is 0.533. The van der Waals surface area contributed by atoms with Crippen molar-refractivity contribution in [1.82, 2.24) is 0 Å². The van der Waals surface area contributed by atoms with Gasteiger partial charge in [0.1, 0.15) is 11.6 Å². The van der Waals surface area contributed by atoms with Gasteiger partial charge in [-0.2, -0.15) is 8.42 Å². The second-order valence-corrected chi connectivity index (χ2v) is 6.19. The van der Waals surface area contributed by atoms with Crippen LogP contribution in [0.5, 0.6) is 5.75 Å². The first-order valence-corrected chi connectivity index (χ1v) is 8.35. The van der Waals surface area contributed by atoms with Gasteiger partial charge < -0.3 is 4.74 Å². The predicted molar refractivity (Wildman–Crippen MR) is 85.9 cm³/mol. The lowest BCUT2D eigenvalue weighted by Crippen LogP contribution is -2.06. The molecule has 1 aliphatic carbocycles. The maximum Gasteiger partial charge on any atom is 0.319 e. The van der Waals surface area contributed by atoms with Crippen LogP contribution in [-0.4, -0.2) is 20.9 Å². The van der Waals surface area contributed by atoms with Crippen molar-refractivity contribution in [2.45, 2.75) is 39.5 Å². The molecule has 128 valence electrons. The number of benzene rings is 1. The minimum Gasteiger partial charge on any atom is -0.492 e. The highest BCUT2D eigenvalue weighted by Gasteiger charge is 2.18. The van der Waals surface area contributed by atoms with Crippen LogP contribution in [0.4, 0.5) is 4.39 Å². The summed E-state index contributed by atoms with van der Waals surface area (Å²) in [4.78, 5) is 11.4. The molecule has 0 saturated heterocycles. The van der Waals surface area contributed by atoms with Gasteiger partial charge in [0.05, 0.1) is 17.2 Å². The summed E-state index contributed by atoms with van der Waals surface area (Å²) in [7, 11) is -2.94. The smallest absolute Gasteiger partial charge is 0.319 e. The van der Waals surface area contributed by atoms with E-state index in [1.165, 1.54) is 25.7 Å². The molecule has 23 heavy (non-hydrogen) atoms. The highest BCUT2D eigenvalue weighted by molar-refractivity contribution is 7.62. The second kappa shape index (κ2) is 8.98. The Morgan fingerprint density at radius 1 is 1.35 bits per heavy atom. The molecule has 2 rings (SSSR count). The average molecular weight is 364 g/mol. The number of halogens is 2. The van der Waals surface area contributed by atoms with Gasteiger partial charge in [-0.05, 0) is 18.4 Å². The number of carbonyl (C=O) groups is 1. The molecular formula is C15H19ClFNO4S. The summed E-state index contributed by atoms with van der Waals surface area (Å²) in [5.41, 5.74) is -0.502. The Balaban J connectivity index is 0.00000264. The van der Waals surface area contributed by atoms with Gasteiger partial charge >= 0.3 is 10.5 Å². The number of rotatable bonds is 5. The van der Waals surface area contributed by atoms with Crippen molar-refractivity contribution in [3.63, 3.8) is 0 Å². The van der Waals surface area contributed by atoms with E-state index in [1.807, 2.05) is 0 Å². The predicted octanol–water partition coefficient (Wildman–Crippen LogP) is 4.28. The van der Waals surface area contributed by atoms with Crippen molar-refractivity contribution in [3.05, 3.63) is 28.5 Å². The van der Waals surface area contributed by atoms with E-state index < -0.39 is 27.8 Å². The van der Waals surface area contributed by atoms with Crippen LogP contribution >= 0.6 is 11.6 Å². The first-order chi connectivity index (χ1) is 10.5. The Bertz CT molecular complexity index is 692. The van der Waals surface area contributed by atoms with Gasteiger partial charge in [-0.15, -0.1) is 0 Å². The summed E-state index contributed by atoms with van der Waals surface area (Å²) in [6, 6.07) is 2.01. The minimum atomic E-state index is -2.94. The Kier molecular flexibility index (Phi) is 7.64. The van der Waals surface area contributed by atoms with Crippen LogP contribution in [0.2, 0.25) is 5.02 Å². The molecule has 0 spiro atoms.